The lowest BCUT2D eigenvalue weighted by Crippen LogP contribution is -2.36. The molecule has 0 aromatic carbocycles. The highest BCUT2D eigenvalue weighted by molar-refractivity contribution is 5.77. The molecular weight excluding hydrogens is 218 g/mol. The molecule has 4 heteroatoms. The molecule has 17 heavy (non-hydrogen) atoms. The Hall–Kier alpha value is -1.50. The summed E-state index contributed by atoms with van der Waals surface area (Å²) in [7, 11) is 0. The maximum Gasteiger partial charge on any atom is 0.305 e. The SMILES string of the molecule is C#CCCCCC(=O)NC(CCC)CC(=O)O. The summed E-state index contributed by atoms with van der Waals surface area (Å²) in [6, 6.07) is -0.252. The van der Waals surface area contributed by atoms with E-state index in [4.69, 9.17) is 11.5 Å². The van der Waals surface area contributed by atoms with Gasteiger partial charge < -0.3 is 10.4 Å². The first-order chi connectivity index (χ1) is 8.10. The van der Waals surface area contributed by atoms with Crippen molar-refractivity contribution in [2.75, 3.05) is 0 Å². The second-order valence-electron chi connectivity index (χ2n) is 4.06. The van der Waals surface area contributed by atoms with Gasteiger partial charge in [-0.05, 0) is 19.3 Å². The Labute approximate surface area is 103 Å². The molecule has 0 aliphatic carbocycles. The van der Waals surface area contributed by atoms with E-state index in [1.165, 1.54) is 0 Å². The van der Waals surface area contributed by atoms with Gasteiger partial charge in [0.25, 0.3) is 0 Å². The van der Waals surface area contributed by atoms with E-state index in [0.717, 1.165) is 19.3 Å². The third-order valence-electron chi connectivity index (χ3n) is 2.40. The summed E-state index contributed by atoms with van der Waals surface area (Å²) < 4.78 is 0. The van der Waals surface area contributed by atoms with Gasteiger partial charge in [0, 0.05) is 18.9 Å². The maximum atomic E-state index is 11.5. The Morgan fingerprint density at radius 2 is 2.12 bits per heavy atom. The molecule has 96 valence electrons. The number of unbranched alkanes of at least 4 members (excludes halogenated alkanes) is 2. The lowest BCUT2D eigenvalue weighted by molar-refractivity contribution is -0.137. The average Bonchev–Trinajstić information content (AvgIpc) is 2.24. The Morgan fingerprint density at radius 1 is 1.41 bits per heavy atom. The molecule has 0 fully saturated rings. The topological polar surface area (TPSA) is 66.4 Å². The van der Waals surface area contributed by atoms with Crippen LogP contribution in [0.1, 0.15) is 51.9 Å². The number of hydrogen-bond donors (Lipinski definition) is 2. The third-order valence-corrected chi connectivity index (χ3v) is 2.40. The van der Waals surface area contributed by atoms with Crippen LogP contribution in [0.4, 0.5) is 0 Å². The van der Waals surface area contributed by atoms with Gasteiger partial charge >= 0.3 is 5.97 Å². The van der Waals surface area contributed by atoms with E-state index < -0.39 is 5.97 Å². The fraction of sp³-hybridized carbons (Fsp3) is 0.692. The van der Waals surface area contributed by atoms with Gasteiger partial charge in [-0.1, -0.05) is 13.3 Å². The minimum atomic E-state index is -0.879. The minimum Gasteiger partial charge on any atom is -0.481 e. The lowest BCUT2D eigenvalue weighted by Gasteiger charge is -2.15. The minimum absolute atomic E-state index is 0.00998. The van der Waals surface area contributed by atoms with Crippen LogP contribution in [0.3, 0.4) is 0 Å². The van der Waals surface area contributed by atoms with Gasteiger partial charge in [0.15, 0.2) is 0 Å². The molecule has 0 aromatic rings. The van der Waals surface area contributed by atoms with E-state index in [0.29, 0.717) is 19.3 Å². The number of nitrogens with one attached hydrogen (secondary N) is 1. The van der Waals surface area contributed by atoms with Crippen LogP contribution in [-0.2, 0) is 9.59 Å². The highest BCUT2D eigenvalue weighted by Crippen LogP contribution is 2.04. The standard InChI is InChI=1S/C13H21NO3/c1-3-5-6-7-9-12(15)14-11(8-4-2)10-13(16)17/h1,11H,4-10H2,2H3,(H,14,15)(H,16,17). The third kappa shape index (κ3) is 9.43. The molecule has 0 radical (unpaired) electrons. The zero-order valence-electron chi connectivity index (χ0n) is 10.4. The molecule has 1 atom stereocenters. The molecule has 0 heterocycles. The quantitative estimate of drug-likeness (QED) is 0.477. The van der Waals surface area contributed by atoms with Crippen LogP contribution >= 0.6 is 0 Å². The van der Waals surface area contributed by atoms with Crippen molar-refractivity contribution in [3.63, 3.8) is 0 Å². The van der Waals surface area contributed by atoms with Crippen molar-refractivity contribution in [1.29, 1.82) is 0 Å². The zero-order valence-corrected chi connectivity index (χ0v) is 10.4. The average molecular weight is 239 g/mol. The molecule has 0 saturated carbocycles. The molecule has 2 N–H and O–H groups in total. The first-order valence-electron chi connectivity index (χ1n) is 6.04. The number of aliphatic carboxylic acids is 1. The number of carboxylic acids is 1. The predicted molar refractivity (Wildman–Crippen MR) is 66.4 cm³/mol. The molecule has 0 aromatic heterocycles. The predicted octanol–water partition coefficient (Wildman–Crippen LogP) is 1.94. The first kappa shape index (κ1) is 15.5. The van der Waals surface area contributed by atoms with E-state index >= 15 is 0 Å². The number of carbonyl (C=O) groups is 2. The second-order valence-corrected chi connectivity index (χ2v) is 4.06. The van der Waals surface area contributed by atoms with Gasteiger partial charge in [-0.2, -0.15) is 0 Å². The van der Waals surface area contributed by atoms with E-state index in [1.807, 2.05) is 6.92 Å². The van der Waals surface area contributed by atoms with Crippen LogP contribution in [-0.4, -0.2) is 23.0 Å². The molecule has 1 amide bonds. The van der Waals surface area contributed by atoms with Crippen molar-refractivity contribution in [3.8, 4) is 12.3 Å². The van der Waals surface area contributed by atoms with Gasteiger partial charge in [0.2, 0.25) is 5.91 Å². The number of carbonyl (C=O) groups excluding carboxylic acids is 1. The normalized spacial score (nSPS) is 11.5. The molecule has 0 aliphatic heterocycles. The van der Waals surface area contributed by atoms with Gasteiger partial charge in [0.05, 0.1) is 6.42 Å². The molecule has 0 rings (SSSR count). The molecule has 0 saturated heterocycles. The fourth-order valence-electron chi connectivity index (χ4n) is 1.60. The van der Waals surface area contributed by atoms with E-state index in [-0.39, 0.29) is 18.4 Å². The molecular formula is C13H21NO3. The summed E-state index contributed by atoms with van der Waals surface area (Å²) in [5, 5.41) is 11.5. The summed E-state index contributed by atoms with van der Waals surface area (Å²) in [4.78, 5) is 22.1. The van der Waals surface area contributed by atoms with Crippen molar-refractivity contribution in [1.82, 2.24) is 5.32 Å². The summed E-state index contributed by atoms with van der Waals surface area (Å²) in [5.74, 6) is 1.56. The first-order valence-corrected chi connectivity index (χ1v) is 6.04. The maximum absolute atomic E-state index is 11.5. The Kier molecular flexibility index (Phi) is 8.85. The lowest BCUT2D eigenvalue weighted by atomic mass is 10.1. The van der Waals surface area contributed by atoms with Crippen molar-refractivity contribution >= 4 is 11.9 Å². The molecule has 4 nitrogen and oxygen atoms in total. The Morgan fingerprint density at radius 3 is 2.65 bits per heavy atom. The smallest absolute Gasteiger partial charge is 0.305 e. The largest absolute Gasteiger partial charge is 0.481 e. The molecule has 0 bridgehead atoms. The van der Waals surface area contributed by atoms with Crippen LogP contribution in [0.25, 0.3) is 0 Å². The summed E-state index contributed by atoms with van der Waals surface area (Å²) >= 11 is 0. The van der Waals surface area contributed by atoms with E-state index in [2.05, 4.69) is 11.2 Å². The van der Waals surface area contributed by atoms with Crippen LogP contribution in [0.15, 0.2) is 0 Å². The van der Waals surface area contributed by atoms with Gasteiger partial charge in [-0.25, -0.2) is 0 Å². The highest BCUT2D eigenvalue weighted by Gasteiger charge is 2.14. The second kappa shape index (κ2) is 9.71. The number of terminal acetylenes is 1. The van der Waals surface area contributed by atoms with E-state index in [1.54, 1.807) is 0 Å². The fourth-order valence-corrected chi connectivity index (χ4v) is 1.60. The number of hydrogen-bond acceptors (Lipinski definition) is 2. The zero-order chi connectivity index (χ0) is 13.1. The van der Waals surface area contributed by atoms with Crippen molar-refractivity contribution in [3.05, 3.63) is 0 Å². The number of amides is 1. The Bertz CT molecular complexity index is 281. The van der Waals surface area contributed by atoms with Gasteiger partial charge in [-0.3, -0.25) is 9.59 Å². The number of carboxylic acid groups (broad SMARTS) is 1. The monoisotopic (exact) mass is 239 g/mol. The summed E-state index contributed by atoms with van der Waals surface area (Å²) in [6.07, 6.45) is 9.33. The molecule has 0 spiro atoms. The Balaban J connectivity index is 3.87. The molecule has 1 unspecified atom stereocenters. The van der Waals surface area contributed by atoms with Crippen LogP contribution < -0.4 is 5.32 Å². The van der Waals surface area contributed by atoms with Crippen molar-refractivity contribution < 1.29 is 14.7 Å². The highest BCUT2D eigenvalue weighted by atomic mass is 16.4. The van der Waals surface area contributed by atoms with Crippen LogP contribution in [0.2, 0.25) is 0 Å². The number of rotatable bonds is 9. The van der Waals surface area contributed by atoms with Crippen molar-refractivity contribution in [2.45, 2.75) is 57.9 Å². The van der Waals surface area contributed by atoms with E-state index in [9.17, 15) is 9.59 Å². The van der Waals surface area contributed by atoms with Crippen LogP contribution in [0, 0.1) is 12.3 Å². The van der Waals surface area contributed by atoms with Crippen molar-refractivity contribution in [2.24, 2.45) is 0 Å². The van der Waals surface area contributed by atoms with Crippen LogP contribution in [0.5, 0.6) is 0 Å². The van der Waals surface area contributed by atoms with Gasteiger partial charge in [0.1, 0.15) is 0 Å². The van der Waals surface area contributed by atoms with Gasteiger partial charge in [-0.15, -0.1) is 12.3 Å². The summed E-state index contributed by atoms with van der Waals surface area (Å²) in [6.45, 7) is 1.97. The molecule has 0 aliphatic rings. The summed E-state index contributed by atoms with van der Waals surface area (Å²) in [5.41, 5.74) is 0.